The Morgan fingerprint density at radius 2 is 1.55 bits per heavy atom. The monoisotopic (exact) mass is 520 g/mol. The maximum absolute atomic E-state index is 12.2. The number of ether oxygens (including phenoxy) is 4. The van der Waals surface area contributed by atoms with Crippen molar-refractivity contribution in [3.05, 3.63) is 65.2 Å². The van der Waals surface area contributed by atoms with E-state index in [9.17, 15) is 14.4 Å². The van der Waals surface area contributed by atoms with Gasteiger partial charge in [-0.15, -0.1) is 0 Å². The molecule has 0 saturated heterocycles. The Kier molecular flexibility index (Phi) is 7.21. The summed E-state index contributed by atoms with van der Waals surface area (Å²) in [5.74, 6) is -0.144. The Bertz CT molecular complexity index is 1210. The van der Waals surface area contributed by atoms with Crippen molar-refractivity contribution < 1.29 is 33.3 Å². The fourth-order valence-electron chi connectivity index (χ4n) is 7.40. The van der Waals surface area contributed by atoms with Gasteiger partial charge in [0.05, 0.1) is 0 Å². The number of fused-ring (bicyclic) bond motifs is 5. The first-order valence-corrected chi connectivity index (χ1v) is 13.5. The quantitative estimate of drug-likeness (QED) is 0.385. The van der Waals surface area contributed by atoms with Gasteiger partial charge in [-0.3, -0.25) is 14.4 Å². The van der Waals surface area contributed by atoms with Gasteiger partial charge in [-0.25, -0.2) is 0 Å². The van der Waals surface area contributed by atoms with E-state index in [4.69, 9.17) is 18.9 Å². The first-order chi connectivity index (χ1) is 18.2. The highest BCUT2D eigenvalue weighted by Gasteiger charge is 2.67. The van der Waals surface area contributed by atoms with Gasteiger partial charge >= 0.3 is 17.9 Å². The lowest BCUT2D eigenvalue weighted by atomic mass is 9.55. The fraction of sp³-hybridized carbons (Fsp3) is 0.516. The molecule has 38 heavy (non-hydrogen) atoms. The van der Waals surface area contributed by atoms with Crippen molar-refractivity contribution in [2.45, 2.75) is 84.2 Å². The summed E-state index contributed by atoms with van der Waals surface area (Å²) in [6, 6.07) is 16.5. The number of benzene rings is 2. The maximum Gasteiger partial charge on any atom is 0.303 e. The molecule has 0 radical (unpaired) electrons. The minimum atomic E-state index is -0.829. The molecule has 202 valence electrons. The molecule has 7 heteroatoms. The molecule has 0 spiro atoms. The third-order valence-corrected chi connectivity index (χ3v) is 8.77. The molecule has 3 aliphatic rings. The molecule has 2 fully saturated rings. The van der Waals surface area contributed by atoms with E-state index >= 15 is 0 Å². The summed E-state index contributed by atoms with van der Waals surface area (Å²) in [6.45, 7) is 6.68. The average Bonchev–Trinajstić information content (AvgIpc) is 3.09. The van der Waals surface area contributed by atoms with Crippen molar-refractivity contribution >= 4 is 17.9 Å². The SMILES string of the molecule is CC(=O)O[C@@H]1[C@H](OC(C)=O)[C@H](OC(C)=O)[C@@]2(C)CC[C@@H]3c4ccc(OCc5ccccc5)cc4CC[C@H]3[C@H]12. The van der Waals surface area contributed by atoms with E-state index in [2.05, 4.69) is 31.2 Å². The molecule has 0 N–H and O–H groups in total. The highest BCUT2D eigenvalue weighted by molar-refractivity contribution is 5.69. The minimum absolute atomic E-state index is 0.110. The molecule has 2 saturated carbocycles. The van der Waals surface area contributed by atoms with E-state index in [-0.39, 0.29) is 17.8 Å². The third-order valence-electron chi connectivity index (χ3n) is 8.77. The Morgan fingerprint density at radius 1 is 0.868 bits per heavy atom. The maximum atomic E-state index is 12.2. The van der Waals surface area contributed by atoms with Crippen molar-refractivity contribution in [1.82, 2.24) is 0 Å². The van der Waals surface area contributed by atoms with Gasteiger partial charge in [0.2, 0.25) is 0 Å². The topological polar surface area (TPSA) is 88.1 Å². The van der Waals surface area contributed by atoms with Gasteiger partial charge < -0.3 is 18.9 Å². The van der Waals surface area contributed by atoms with Gasteiger partial charge in [-0.1, -0.05) is 43.3 Å². The molecule has 3 aliphatic carbocycles. The molecule has 2 aromatic carbocycles. The molecule has 2 aromatic rings. The summed E-state index contributed by atoms with van der Waals surface area (Å²) >= 11 is 0. The molecule has 0 aliphatic heterocycles. The van der Waals surface area contributed by atoms with Gasteiger partial charge in [-0.2, -0.15) is 0 Å². The van der Waals surface area contributed by atoms with Gasteiger partial charge in [-0.05, 0) is 66.3 Å². The van der Waals surface area contributed by atoms with Gasteiger partial charge in [0, 0.05) is 32.1 Å². The normalized spacial score (nSPS) is 31.3. The number of carbonyl (C=O) groups is 3. The van der Waals surface area contributed by atoms with E-state index in [1.165, 1.54) is 31.9 Å². The third kappa shape index (κ3) is 4.91. The Labute approximate surface area is 223 Å². The Morgan fingerprint density at radius 3 is 2.24 bits per heavy atom. The number of esters is 3. The highest BCUT2D eigenvalue weighted by atomic mass is 16.6. The molecular weight excluding hydrogens is 484 g/mol. The first-order valence-electron chi connectivity index (χ1n) is 13.5. The van der Waals surface area contributed by atoms with Crippen LogP contribution >= 0.6 is 0 Å². The van der Waals surface area contributed by atoms with Crippen molar-refractivity contribution in [1.29, 1.82) is 0 Å². The van der Waals surface area contributed by atoms with Gasteiger partial charge in [0.15, 0.2) is 6.10 Å². The fourth-order valence-corrected chi connectivity index (χ4v) is 7.40. The van der Waals surface area contributed by atoms with E-state index in [1.54, 1.807) is 0 Å². The summed E-state index contributed by atoms with van der Waals surface area (Å²) in [6.07, 6.45) is 1.27. The minimum Gasteiger partial charge on any atom is -0.489 e. The van der Waals surface area contributed by atoms with Crippen LogP contribution in [0.1, 0.15) is 69.6 Å². The Balaban J connectivity index is 1.44. The second-order valence-corrected chi connectivity index (χ2v) is 11.2. The number of hydrogen-bond donors (Lipinski definition) is 0. The zero-order valence-electron chi connectivity index (χ0n) is 22.5. The smallest absolute Gasteiger partial charge is 0.303 e. The molecule has 0 aromatic heterocycles. The summed E-state index contributed by atoms with van der Waals surface area (Å²) < 4.78 is 23.5. The average molecular weight is 521 g/mol. The second-order valence-electron chi connectivity index (χ2n) is 11.2. The largest absolute Gasteiger partial charge is 0.489 e. The van der Waals surface area contributed by atoms with Crippen LogP contribution in [0.2, 0.25) is 0 Å². The van der Waals surface area contributed by atoms with Crippen LogP contribution in [-0.2, 0) is 41.6 Å². The lowest BCUT2D eigenvalue weighted by molar-refractivity contribution is -0.178. The molecule has 7 atom stereocenters. The predicted octanol–water partition coefficient (Wildman–Crippen LogP) is 5.14. The zero-order valence-corrected chi connectivity index (χ0v) is 22.5. The van der Waals surface area contributed by atoms with Crippen molar-refractivity contribution in [2.24, 2.45) is 17.3 Å². The molecule has 5 rings (SSSR count). The summed E-state index contributed by atoms with van der Waals surface area (Å²) in [4.78, 5) is 36.4. The van der Waals surface area contributed by atoms with Gasteiger partial charge in [0.25, 0.3) is 0 Å². The first kappa shape index (κ1) is 26.3. The predicted molar refractivity (Wildman–Crippen MR) is 139 cm³/mol. The van der Waals surface area contributed by atoms with E-state index in [1.807, 2.05) is 24.3 Å². The second kappa shape index (κ2) is 10.4. The van der Waals surface area contributed by atoms with E-state index < -0.39 is 41.6 Å². The molecule has 0 unspecified atom stereocenters. The van der Waals surface area contributed by atoms with Crippen LogP contribution in [0.5, 0.6) is 5.75 Å². The molecule has 0 heterocycles. The van der Waals surface area contributed by atoms with Crippen molar-refractivity contribution in [2.75, 3.05) is 0 Å². The molecular formula is C31H36O7. The standard InChI is InChI=1S/C31H36O7/c1-18(32)36-28-27-26-12-10-22-16-23(35-17-21-8-6-5-7-9-21)11-13-24(22)25(26)14-15-31(27,4)30(38-20(3)34)29(28)37-19(2)33/h5-9,11,13,16,25-30H,10,12,14-15,17H2,1-4H3/t25-,26-,27-,28+,29+,30+,31+/m1/s1. The van der Waals surface area contributed by atoms with Crippen LogP contribution < -0.4 is 4.74 Å². The number of hydrogen-bond acceptors (Lipinski definition) is 7. The number of carbonyl (C=O) groups excluding carboxylic acids is 3. The molecule has 7 nitrogen and oxygen atoms in total. The Hall–Kier alpha value is -3.35. The van der Waals surface area contributed by atoms with Crippen LogP contribution in [0.15, 0.2) is 48.5 Å². The lowest BCUT2D eigenvalue weighted by Gasteiger charge is -2.50. The van der Waals surface area contributed by atoms with Crippen LogP contribution in [0.3, 0.4) is 0 Å². The molecule has 0 amide bonds. The number of aryl methyl sites for hydroxylation is 1. The summed E-state index contributed by atoms with van der Waals surface area (Å²) in [5, 5.41) is 0. The van der Waals surface area contributed by atoms with Crippen LogP contribution in [0.4, 0.5) is 0 Å². The lowest BCUT2D eigenvalue weighted by Crippen LogP contribution is -2.47. The van der Waals surface area contributed by atoms with Crippen LogP contribution in [0.25, 0.3) is 0 Å². The van der Waals surface area contributed by atoms with Gasteiger partial charge in [0.1, 0.15) is 24.6 Å². The van der Waals surface area contributed by atoms with E-state index in [0.717, 1.165) is 37.0 Å². The summed E-state index contributed by atoms with van der Waals surface area (Å²) in [7, 11) is 0. The number of rotatable bonds is 6. The summed E-state index contributed by atoms with van der Waals surface area (Å²) in [5.41, 5.74) is 3.23. The molecule has 0 bridgehead atoms. The van der Waals surface area contributed by atoms with Crippen molar-refractivity contribution in [3.63, 3.8) is 0 Å². The van der Waals surface area contributed by atoms with Crippen LogP contribution in [-0.4, -0.2) is 36.2 Å². The zero-order chi connectivity index (χ0) is 27.0. The van der Waals surface area contributed by atoms with Crippen molar-refractivity contribution in [3.8, 4) is 5.75 Å². The van der Waals surface area contributed by atoms with Crippen LogP contribution in [0, 0.1) is 17.3 Å². The highest BCUT2D eigenvalue weighted by Crippen LogP contribution is 2.62. The van der Waals surface area contributed by atoms with E-state index in [0.29, 0.717) is 6.61 Å².